The molecule has 144 valence electrons. The highest BCUT2D eigenvalue weighted by atomic mass is 32.2. The molecule has 1 unspecified atom stereocenters. The van der Waals surface area contributed by atoms with Gasteiger partial charge in [-0.15, -0.1) is 0 Å². The summed E-state index contributed by atoms with van der Waals surface area (Å²) in [4.78, 5) is 12.9. The molecule has 2 aromatic carbocycles. The van der Waals surface area contributed by atoms with Crippen LogP contribution < -0.4 is 4.74 Å². The molecule has 1 atom stereocenters. The van der Waals surface area contributed by atoms with Gasteiger partial charge in [0, 0.05) is 24.6 Å². The number of sulfonamides is 1. The number of methoxy groups -OCH3 is 1. The summed E-state index contributed by atoms with van der Waals surface area (Å²) in [6.07, 6.45) is 1.24. The van der Waals surface area contributed by atoms with Crippen molar-refractivity contribution in [1.82, 2.24) is 4.31 Å². The maximum atomic E-state index is 13.3. The SMILES string of the molecule is COc1ccc(C(=O)C2CCCN(S(=O)(=O)c3ccc(F)cc3C)C2)cc1. The number of nitrogens with zero attached hydrogens (tertiary/aromatic N) is 1. The van der Waals surface area contributed by atoms with Crippen LogP contribution in [0, 0.1) is 18.7 Å². The second-order valence-electron chi connectivity index (χ2n) is 6.70. The van der Waals surface area contributed by atoms with Crippen LogP contribution in [0.3, 0.4) is 0 Å². The number of rotatable bonds is 5. The van der Waals surface area contributed by atoms with Crippen molar-refractivity contribution in [2.24, 2.45) is 5.92 Å². The number of hydrogen-bond donors (Lipinski definition) is 0. The molecule has 1 heterocycles. The van der Waals surface area contributed by atoms with E-state index in [1.54, 1.807) is 38.3 Å². The first kappa shape index (κ1) is 19.5. The van der Waals surface area contributed by atoms with Crippen LogP contribution in [0.2, 0.25) is 0 Å². The molecule has 1 aliphatic rings. The molecule has 0 N–H and O–H groups in total. The summed E-state index contributed by atoms with van der Waals surface area (Å²) in [5.41, 5.74) is 0.900. The Morgan fingerprint density at radius 2 is 1.89 bits per heavy atom. The van der Waals surface area contributed by atoms with Gasteiger partial charge in [-0.3, -0.25) is 4.79 Å². The van der Waals surface area contributed by atoms with Gasteiger partial charge in [0.1, 0.15) is 11.6 Å². The van der Waals surface area contributed by atoms with E-state index >= 15 is 0 Å². The molecule has 1 fully saturated rings. The number of ether oxygens (including phenoxy) is 1. The molecule has 0 aliphatic carbocycles. The van der Waals surface area contributed by atoms with E-state index in [9.17, 15) is 17.6 Å². The second-order valence-corrected chi connectivity index (χ2v) is 8.61. The summed E-state index contributed by atoms with van der Waals surface area (Å²) in [5.74, 6) is -0.292. The largest absolute Gasteiger partial charge is 0.497 e. The molecule has 7 heteroatoms. The fourth-order valence-corrected chi connectivity index (χ4v) is 5.14. The van der Waals surface area contributed by atoms with Crippen LogP contribution in [0.5, 0.6) is 5.75 Å². The average molecular weight is 391 g/mol. The van der Waals surface area contributed by atoms with Crippen molar-refractivity contribution in [2.45, 2.75) is 24.7 Å². The minimum absolute atomic E-state index is 0.0756. The number of benzene rings is 2. The molecular formula is C20H22FNO4S. The normalized spacial score (nSPS) is 18.3. The lowest BCUT2D eigenvalue weighted by atomic mass is 9.91. The summed E-state index contributed by atoms with van der Waals surface area (Å²) in [6.45, 7) is 2.05. The number of carbonyl (C=O) groups excluding carboxylic acids is 1. The summed E-state index contributed by atoms with van der Waals surface area (Å²) < 4.78 is 45.7. The third-order valence-corrected chi connectivity index (χ3v) is 6.91. The third kappa shape index (κ3) is 4.04. The van der Waals surface area contributed by atoms with Crippen molar-refractivity contribution in [3.63, 3.8) is 0 Å². The summed E-state index contributed by atoms with van der Waals surface area (Å²) in [5, 5.41) is 0. The number of carbonyl (C=O) groups is 1. The molecule has 5 nitrogen and oxygen atoms in total. The first-order valence-corrected chi connectivity index (χ1v) is 10.2. The van der Waals surface area contributed by atoms with Gasteiger partial charge in [-0.05, 0) is 67.8 Å². The molecule has 27 heavy (non-hydrogen) atoms. The van der Waals surface area contributed by atoms with Gasteiger partial charge in [0.25, 0.3) is 0 Å². The lowest BCUT2D eigenvalue weighted by Crippen LogP contribution is -2.42. The molecule has 0 radical (unpaired) electrons. The van der Waals surface area contributed by atoms with E-state index < -0.39 is 21.8 Å². The van der Waals surface area contributed by atoms with Crippen LogP contribution >= 0.6 is 0 Å². The Hall–Kier alpha value is -2.25. The van der Waals surface area contributed by atoms with Crippen LogP contribution in [0.15, 0.2) is 47.4 Å². The highest BCUT2D eigenvalue weighted by molar-refractivity contribution is 7.89. The quantitative estimate of drug-likeness (QED) is 0.733. The zero-order valence-corrected chi connectivity index (χ0v) is 16.1. The standard InChI is InChI=1S/C20H22FNO4S/c1-14-12-17(21)7-10-19(14)27(24,25)22-11-3-4-16(13-22)20(23)15-5-8-18(26-2)9-6-15/h5-10,12,16H,3-4,11,13H2,1-2H3. The number of Topliss-reactive ketones (excluding diaryl/α,β-unsaturated/α-hetero) is 1. The van der Waals surface area contributed by atoms with Crippen LogP contribution in [0.4, 0.5) is 4.39 Å². The average Bonchev–Trinajstić information content (AvgIpc) is 2.67. The molecule has 1 aliphatic heterocycles. The number of hydrogen-bond acceptors (Lipinski definition) is 4. The van der Waals surface area contributed by atoms with Crippen LogP contribution in [0.1, 0.15) is 28.8 Å². The highest BCUT2D eigenvalue weighted by Crippen LogP contribution is 2.28. The number of aryl methyl sites for hydroxylation is 1. The molecule has 0 spiro atoms. The van der Waals surface area contributed by atoms with E-state index in [1.807, 2.05) is 0 Å². The predicted molar refractivity (Wildman–Crippen MR) is 99.9 cm³/mol. The Morgan fingerprint density at radius 3 is 2.52 bits per heavy atom. The minimum Gasteiger partial charge on any atom is -0.497 e. The van der Waals surface area contributed by atoms with Crippen molar-refractivity contribution >= 4 is 15.8 Å². The van der Waals surface area contributed by atoms with E-state index in [1.165, 1.54) is 16.4 Å². The molecular weight excluding hydrogens is 369 g/mol. The Kier molecular flexibility index (Phi) is 5.62. The predicted octanol–water partition coefficient (Wildman–Crippen LogP) is 3.43. The van der Waals surface area contributed by atoms with Gasteiger partial charge in [-0.1, -0.05) is 0 Å². The number of piperidine rings is 1. The highest BCUT2D eigenvalue weighted by Gasteiger charge is 2.34. The molecule has 0 bridgehead atoms. The zero-order chi connectivity index (χ0) is 19.6. The van der Waals surface area contributed by atoms with E-state index in [-0.39, 0.29) is 17.2 Å². The Labute approximate surface area is 158 Å². The Morgan fingerprint density at radius 1 is 1.19 bits per heavy atom. The molecule has 0 amide bonds. The van der Waals surface area contributed by atoms with Crippen molar-refractivity contribution in [3.8, 4) is 5.75 Å². The second kappa shape index (κ2) is 7.78. The molecule has 0 saturated carbocycles. The van der Waals surface area contributed by atoms with Gasteiger partial charge < -0.3 is 4.74 Å². The van der Waals surface area contributed by atoms with E-state index in [0.717, 1.165) is 6.07 Å². The van der Waals surface area contributed by atoms with E-state index in [2.05, 4.69) is 0 Å². The van der Waals surface area contributed by atoms with Crippen LogP contribution in [-0.4, -0.2) is 38.7 Å². The Bertz CT molecular complexity index is 941. The summed E-state index contributed by atoms with van der Waals surface area (Å²) in [7, 11) is -2.22. The fourth-order valence-electron chi connectivity index (χ4n) is 3.41. The van der Waals surface area contributed by atoms with Crippen molar-refractivity contribution < 1.29 is 22.3 Å². The minimum atomic E-state index is -3.77. The molecule has 1 saturated heterocycles. The van der Waals surface area contributed by atoms with E-state index in [0.29, 0.717) is 36.3 Å². The molecule has 0 aromatic heterocycles. The smallest absolute Gasteiger partial charge is 0.243 e. The van der Waals surface area contributed by atoms with Crippen molar-refractivity contribution in [1.29, 1.82) is 0 Å². The number of ketones is 1. The number of halogens is 1. The van der Waals surface area contributed by atoms with Gasteiger partial charge in [0.2, 0.25) is 10.0 Å². The van der Waals surface area contributed by atoms with E-state index in [4.69, 9.17) is 4.74 Å². The zero-order valence-electron chi connectivity index (χ0n) is 15.3. The first-order chi connectivity index (χ1) is 12.8. The van der Waals surface area contributed by atoms with Gasteiger partial charge >= 0.3 is 0 Å². The first-order valence-electron chi connectivity index (χ1n) is 8.77. The van der Waals surface area contributed by atoms with Crippen molar-refractivity contribution in [3.05, 3.63) is 59.4 Å². The van der Waals surface area contributed by atoms with Gasteiger partial charge in [0.05, 0.1) is 12.0 Å². The lowest BCUT2D eigenvalue weighted by Gasteiger charge is -2.31. The topological polar surface area (TPSA) is 63.7 Å². The maximum Gasteiger partial charge on any atom is 0.243 e. The molecule has 3 rings (SSSR count). The van der Waals surface area contributed by atoms with Gasteiger partial charge in [-0.2, -0.15) is 4.31 Å². The summed E-state index contributed by atoms with van der Waals surface area (Å²) >= 11 is 0. The maximum absolute atomic E-state index is 13.3. The van der Waals surface area contributed by atoms with Gasteiger partial charge in [-0.25, -0.2) is 12.8 Å². The Balaban J connectivity index is 1.81. The monoisotopic (exact) mass is 391 g/mol. The van der Waals surface area contributed by atoms with Gasteiger partial charge in [0.15, 0.2) is 5.78 Å². The fraction of sp³-hybridized carbons (Fsp3) is 0.350. The summed E-state index contributed by atoms with van der Waals surface area (Å²) in [6, 6.07) is 10.5. The third-order valence-electron chi connectivity index (χ3n) is 4.88. The van der Waals surface area contributed by atoms with Crippen molar-refractivity contribution in [2.75, 3.05) is 20.2 Å². The van der Waals surface area contributed by atoms with Crippen LogP contribution in [-0.2, 0) is 10.0 Å². The lowest BCUT2D eigenvalue weighted by molar-refractivity contribution is 0.0872. The van der Waals surface area contributed by atoms with Crippen LogP contribution in [0.25, 0.3) is 0 Å². The molecule has 2 aromatic rings.